The smallest absolute Gasteiger partial charge is 0.307 e. The van der Waals surface area contributed by atoms with Gasteiger partial charge in [0, 0.05) is 18.1 Å². The summed E-state index contributed by atoms with van der Waals surface area (Å²) in [6, 6.07) is 4.36. The Hall–Kier alpha value is -1.13. The fourth-order valence-electron chi connectivity index (χ4n) is 1.73. The third-order valence-corrected chi connectivity index (χ3v) is 2.95. The Morgan fingerprint density at radius 2 is 2.17 bits per heavy atom. The maximum absolute atomic E-state index is 13.2. The number of halogens is 2. The maximum Gasteiger partial charge on any atom is 0.307 e. The van der Waals surface area contributed by atoms with Crippen LogP contribution in [0.2, 0.25) is 5.02 Å². The van der Waals surface area contributed by atoms with Gasteiger partial charge in [-0.2, -0.15) is 0 Å². The lowest BCUT2D eigenvalue weighted by Gasteiger charge is -2.22. The summed E-state index contributed by atoms with van der Waals surface area (Å²) in [4.78, 5) is 12.8. The van der Waals surface area contributed by atoms with Crippen LogP contribution in [0.4, 0.5) is 4.39 Å². The van der Waals surface area contributed by atoms with Crippen molar-refractivity contribution < 1.29 is 14.3 Å². The van der Waals surface area contributed by atoms with Gasteiger partial charge in [-0.1, -0.05) is 25.4 Å². The lowest BCUT2D eigenvalue weighted by atomic mass is 10.1. The first-order valence-electron chi connectivity index (χ1n) is 5.82. The number of benzene rings is 1. The van der Waals surface area contributed by atoms with Crippen molar-refractivity contribution in [2.24, 2.45) is 5.92 Å². The molecule has 3 nitrogen and oxygen atoms in total. The second-order valence-electron chi connectivity index (χ2n) is 4.34. The summed E-state index contributed by atoms with van der Waals surface area (Å²) in [6.45, 7) is 5.22. The predicted octanol–water partition coefficient (Wildman–Crippen LogP) is 3.02. The van der Waals surface area contributed by atoms with Crippen LogP contribution in [0.25, 0.3) is 0 Å². The van der Waals surface area contributed by atoms with Gasteiger partial charge in [0.1, 0.15) is 5.82 Å². The zero-order chi connectivity index (χ0) is 13.7. The van der Waals surface area contributed by atoms with E-state index in [-0.39, 0.29) is 5.82 Å². The van der Waals surface area contributed by atoms with Crippen LogP contribution in [0, 0.1) is 11.7 Å². The molecule has 0 saturated carbocycles. The van der Waals surface area contributed by atoms with E-state index < -0.39 is 11.9 Å². The largest absolute Gasteiger partial charge is 0.481 e. The molecule has 0 heterocycles. The second-order valence-corrected chi connectivity index (χ2v) is 4.78. The standard InChI is InChI=1S/C13H17ClFNO2/c1-3-16(7-9(2)13(17)18)8-10-4-11(14)6-12(15)5-10/h4-6,9H,3,7-8H2,1-2H3,(H,17,18). The molecule has 1 aromatic rings. The number of hydrogen-bond acceptors (Lipinski definition) is 2. The summed E-state index contributed by atoms with van der Waals surface area (Å²) >= 11 is 5.78. The van der Waals surface area contributed by atoms with Gasteiger partial charge in [-0.25, -0.2) is 4.39 Å². The average Bonchev–Trinajstić information content (AvgIpc) is 2.26. The topological polar surface area (TPSA) is 40.5 Å². The molecule has 0 aliphatic rings. The molecule has 1 unspecified atom stereocenters. The SMILES string of the molecule is CCN(Cc1cc(F)cc(Cl)c1)CC(C)C(=O)O. The van der Waals surface area contributed by atoms with Crippen molar-refractivity contribution in [3.8, 4) is 0 Å². The van der Waals surface area contributed by atoms with Crippen molar-refractivity contribution in [1.82, 2.24) is 4.90 Å². The van der Waals surface area contributed by atoms with Gasteiger partial charge in [-0.3, -0.25) is 9.69 Å². The van der Waals surface area contributed by atoms with Crippen LogP contribution in [0.1, 0.15) is 19.4 Å². The van der Waals surface area contributed by atoms with Crippen LogP contribution in [0.3, 0.4) is 0 Å². The number of carbonyl (C=O) groups is 1. The molecule has 1 atom stereocenters. The van der Waals surface area contributed by atoms with E-state index in [1.165, 1.54) is 12.1 Å². The van der Waals surface area contributed by atoms with Crippen LogP contribution in [-0.4, -0.2) is 29.1 Å². The fourth-order valence-corrected chi connectivity index (χ4v) is 1.98. The zero-order valence-corrected chi connectivity index (χ0v) is 11.2. The van der Waals surface area contributed by atoms with Gasteiger partial charge in [-0.05, 0) is 30.3 Å². The molecule has 18 heavy (non-hydrogen) atoms. The molecule has 100 valence electrons. The molecule has 0 bridgehead atoms. The van der Waals surface area contributed by atoms with Crippen molar-refractivity contribution in [2.75, 3.05) is 13.1 Å². The van der Waals surface area contributed by atoms with E-state index in [4.69, 9.17) is 16.7 Å². The van der Waals surface area contributed by atoms with E-state index in [9.17, 15) is 9.18 Å². The summed E-state index contributed by atoms with van der Waals surface area (Å²) in [5, 5.41) is 9.23. The molecule has 0 spiro atoms. The zero-order valence-electron chi connectivity index (χ0n) is 10.5. The summed E-state index contributed by atoms with van der Waals surface area (Å²) in [7, 11) is 0. The molecule has 0 aliphatic carbocycles. The minimum Gasteiger partial charge on any atom is -0.481 e. The molecule has 0 amide bonds. The minimum absolute atomic E-state index is 0.354. The maximum atomic E-state index is 13.2. The lowest BCUT2D eigenvalue weighted by Crippen LogP contribution is -2.31. The van der Waals surface area contributed by atoms with Gasteiger partial charge in [0.2, 0.25) is 0 Å². The minimum atomic E-state index is -0.828. The van der Waals surface area contributed by atoms with Crippen LogP contribution in [0.15, 0.2) is 18.2 Å². The lowest BCUT2D eigenvalue weighted by molar-refractivity contribution is -0.141. The van der Waals surface area contributed by atoms with Crippen LogP contribution >= 0.6 is 11.6 Å². The van der Waals surface area contributed by atoms with Gasteiger partial charge >= 0.3 is 5.97 Å². The first-order chi connectivity index (χ1) is 8.42. The number of carboxylic acids is 1. The van der Waals surface area contributed by atoms with Crippen LogP contribution < -0.4 is 0 Å². The summed E-state index contributed by atoms with van der Waals surface area (Å²) in [5.74, 6) is -1.65. The van der Waals surface area contributed by atoms with Crippen molar-refractivity contribution in [2.45, 2.75) is 20.4 Å². The molecular weight excluding hydrogens is 257 g/mol. The quantitative estimate of drug-likeness (QED) is 0.866. The first kappa shape index (κ1) is 14.9. The second kappa shape index (κ2) is 6.71. The molecule has 1 rings (SSSR count). The Morgan fingerprint density at radius 1 is 1.50 bits per heavy atom. The number of carboxylic acid groups (broad SMARTS) is 1. The van der Waals surface area contributed by atoms with E-state index in [1.54, 1.807) is 13.0 Å². The first-order valence-corrected chi connectivity index (χ1v) is 6.20. The Labute approximate surface area is 111 Å². The van der Waals surface area contributed by atoms with Crippen molar-refractivity contribution >= 4 is 17.6 Å². The molecule has 0 radical (unpaired) electrons. The highest BCUT2D eigenvalue weighted by Gasteiger charge is 2.15. The molecule has 1 N–H and O–H groups in total. The normalized spacial score (nSPS) is 12.7. The average molecular weight is 274 g/mol. The van der Waals surface area contributed by atoms with E-state index in [2.05, 4.69) is 0 Å². The molecule has 0 aromatic heterocycles. The summed E-state index contributed by atoms with van der Waals surface area (Å²) < 4.78 is 13.2. The van der Waals surface area contributed by atoms with Gasteiger partial charge in [0.25, 0.3) is 0 Å². The Kier molecular flexibility index (Phi) is 5.56. The molecular formula is C13H17ClFNO2. The molecule has 0 fully saturated rings. The van der Waals surface area contributed by atoms with E-state index >= 15 is 0 Å². The molecule has 5 heteroatoms. The van der Waals surface area contributed by atoms with E-state index in [1.807, 2.05) is 11.8 Å². The van der Waals surface area contributed by atoms with Gasteiger partial charge in [0.05, 0.1) is 5.92 Å². The van der Waals surface area contributed by atoms with Crippen LogP contribution in [-0.2, 0) is 11.3 Å². The number of rotatable bonds is 6. The molecule has 0 saturated heterocycles. The highest BCUT2D eigenvalue weighted by Crippen LogP contribution is 2.16. The van der Waals surface area contributed by atoms with Gasteiger partial charge < -0.3 is 5.11 Å². The van der Waals surface area contributed by atoms with Crippen molar-refractivity contribution in [3.63, 3.8) is 0 Å². The van der Waals surface area contributed by atoms with E-state index in [0.717, 1.165) is 5.56 Å². The fraction of sp³-hybridized carbons (Fsp3) is 0.462. The third-order valence-electron chi connectivity index (χ3n) is 2.73. The summed E-state index contributed by atoms with van der Waals surface area (Å²) in [6.07, 6.45) is 0. The molecule has 0 aliphatic heterocycles. The van der Waals surface area contributed by atoms with Gasteiger partial charge in [-0.15, -0.1) is 0 Å². The highest BCUT2D eigenvalue weighted by molar-refractivity contribution is 6.30. The Morgan fingerprint density at radius 3 is 2.67 bits per heavy atom. The number of hydrogen-bond donors (Lipinski definition) is 1. The van der Waals surface area contributed by atoms with E-state index in [0.29, 0.717) is 24.7 Å². The van der Waals surface area contributed by atoms with Crippen molar-refractivity contribution in [3.05, 3.63) is 34.6 Å². The predicted molar refractivity (Wildman–Crippen MR) is 69.2 cm³/mol. The Bertz CT molecular complexity index is 405. The summed E-state index contributed by atoms with van der Waals surface area (Å²) in [5.41, 5.74) is 0.749. The molecule has 1 aromatic carbocycles. The number of aliphatic carboxylic acids is 1. The van der Waals surface area contributed by atoms with Crippen molar-refractivity contribution in [1.29, 1.82) is 0 Å². The van der Waals surface area contributed by atoms with Gasteiger partial charge in [0.15, 0.2) is 0 Å². The Balaban J connectivity index is 2.70. The third kappa shape index (κ3) is 4.63. The monoisotopic (exact) mass is 273 g/mol. The number of nitrogens with zero attached hydrogens (tertiary/aromatic N) is 1. The highest BCUT2D eigenvalue weighted by atomic mass is 35.5. The van der Waals surface area contributed by atoms with Crippen LogP contribution in [0.5, 0.6) is 0 Å².